The highest BCUT2D eigenvalue weighted by atomic mass is 35.5. The zero-order chi connectivity index (χ0) is 19.6. The van der Waals surface area contributed by atoms with E-state index in [1.807, 2.05) is 30.3 Å². The van der Waals surface area contributed by atoms with E-state index in [1.165, 1.54) is 23.1 Å². The summed E-state index contributed by atoms with van der Waals surface area (Å²) in [4.78, 5) is 36.1. The van der Waals surface area contributed by atoms with Crippen LogP contribution in [0.3, 0.4) is 0 Å². The molecule has 8 heteroatoms. The molecule has 2 aromatic carbocycles. The number of hydrogen-bond donors (Lipinski definition) is 1. The molecule has 7 nitrogen and oxygen atoms in total. The molecule has 0 spiro atoms. The Bertz CT molecular complexity index is 887. The van der Waals surface area contributed by atoms with Gasteiger partial charge in [0.1, 0.15) is 0 Å². The molecule has 3 rings (SSSR count). The third-order valence-corrected chi connectivity index (χ3v) is 5.16. The number of carboxylic acids is 1. The number of carboxylic acid groups (broad SMARTS) is 1. The fraction of sp³-hybridized carbons (Fsp3) is 0.263. The highest BCUT2D eigenvalue weighted by molar-refractivity contribution is 6.31. The van der Waals surface area contributed by atoms with E-state index < -0.39 is 16.8 Å². The van der Waals surface area contributed by atoms with Crippen molar-refractivity contribution in [3.05, 3.63) is 74.8 Å². The lowest BCUT2D eigenvalue weighted by molar-refractivity contribution is -0.384. The van der Waals surface area contributed by atoms with E-state index in [9.17, 15) is 24.8 Å². The lowest BCUT2D eigenvalue weighted by atomic mass is 9.89. The van der Waals surface area contributed by atoms with Crippen molar-refractivity contribution in [2.45, 2.75) is 12.3 Å². The molecule has 2 atom stereocenters. The molecule has 1 aliphatic heterocycles. The number of benzene rings is 2. The van der Waals surface area contributed by atoms with Crippen LogP contribution in [0.25, 0.3) is 0 Å². The number of aliphatic carboxylic acids is 1. The van der Waals surface area contributed by atoms with E-state index in [0.29, 0.717) is 12.1 Å². The van der Waals surface area contributed by atoms with Crippen LogP contribution in [0.4, 0.5) is 5.69 Å². The third-order valence-electron chi connectivity index (χ3n) is 4.81. The van der Waals surface area contributed by atoms with Gasteiger partial charge >= 0.3 is 5.97 Å². The molecular weight excluding hydrogens is 372 g/mol. The van der Waals surface area contributed by atoms with Crippen LogP contribution in [0.2, 0.25) is 5.02 Å². The number of rotatable bonds is 5. The number of nitro benzene ring substituents is 1. The van der Waals surface area contributed by atoms with Crippen molar-refractivity contribution in [3.8, 4) is 0 Å². The largest absolute Gasteiger partial charge is 0.481 e. The number of carbonyl (C=O) groups is 2. The summed E-state index contributed by atoms with van der Waals surface area (Å²) in [6.45, 7) is 0.433. The Balaban J connectivity index is 1.76. The first-order valence-corrected chi connectivity index (χ1v) is 8.73. The average Bonchev–Trinajstić information content (AvgIpc) is 3.10. The molecule has 0 bridgehead atoms. The van der Waals surface area contributed by atoms with E-state index >= 15 is 0 Å². The van der Waals surface area contributed by atoms with Gasteiger partial charge in [-0.25, -0.2) is 0 Å². The Kier molecular flexibility index (Phi) is 5.41. The Labute approximate surface area is 160 Å². The molecule has 1 saturated heterocycles. The summed E-state index contributed by atoms with van der Waals surface area (Å²) in [5, 5.41) is 20.5. The van der Waals surface area contributed by atoms with Gasteiger partial charge in [0.2, 0.25) is 5.91 Å². The molecule has 27 heavy (non-hydrogen) atoms. The lowest BCUT2D eigenvalue weighted by Gasteiger charge is -2.17. The zero-order valence-electron chi connectivity index (χ0n) is 14.2. The molecule has 1 fully saturated rings. The monoisotopic (exact) mass is 388 g/mol. The predicted octanol–water partition coefficient (Wildman–Crippen LogP) is 3.12. The molecule has 1 heterocycles. The number of carbonyl (C=O) groups excluding carboxylic acids is 1. The summed E-state index contributed by atoms with van der Waals surface area (Å²) in [5.41, 5.74) is 1.21. The van der Waals surface area contributed by atoms with E-state index in [-0.39, 0.29) is 35.5 Å². The Morgan fingerprint density at radius 3 is 2.48 bits per heavy atom. The molecule has 1 amide bonds. The molecule has 1 aliphatic rings. The molecular formula is C19H17ClN2O5. The summed E-state index contributed by atoms with van der Waals surface area (Å²) < 4.78 is 0. The van der Waals surface area contributed by atoms with Crippen LogP contribution in [-0.2, 0) is 16.0 Å². The van der Waals surface area contributed by atoms with Gasteiger partial charge in [0.05, 0.1) is 22.3 Å². The molecule has 140 valence electrons. The van der Waals surface area contributed by atoms with Crippen LogP contribution < -0.4 is 0 Å². The van der Waals surface area contributed by atoms with Gasteiger partial charge < -0.3 is 10.0 Å². The molecule has 0 aliphatic carbocycles. The second-order valence-corrected chi connectivity index (χ2v) is 6.88. The number of amides is 1. The fourth-order valence-corrected chi connectivity index (χ4v) is 3.61. The molecule has 0 unspecified atom stereocenters. The van der Waals surface area contributed by atoms with Crippen molar-refractivity contribution < 1.29 is 19.6 Å². The average molecular weight is 389 g/mol. The van der Waals surface area contributed by atoms with Crippen LogP contribution in [0, 0.1) is 16.0 Å². The summed E-state index contributed by atoms with van der Waals surface area (Å²) in [6.07, 6.45) is -0.0370. The number of nitro groups is 1. The summed E-state index contributed by atoms with van der Waals surface area (Å²) >= 11 is 6.06. The number of non-ortho nitro benzene ring substituents is 1. The second-order valence-electron chi connectivity index (χ2n) is 6.47. The van der Waals surface area contributed by atoms with E-state index in [4.69, 9.17) is 11.6 Å². The van der Waals surface area contributed by atoms with Gasteiger partial charge in [-0.15, -0.1) is 0 Å². The molecule has 0 aromatic heterocycles. The maximum absolute atomic E-state index is 12.7. The maximum atomic E-state index is 12.7. The van der Waals surface area contributed by atoms with Crippen LogP contribution in [-0.4, -0.2) is 39.9 Å². The van der Waals surface area contributed by atoms with Crippen molar-refractivity contribution in [1.29, 1.82) is 0 Å². The zero-order valence-corrected chi connectivity index (χ0v) is 15.0. The molecule has 1 N–H and O–H groups in total. The van der Waals surface area contributed by atoms with Crippen molar-refractivity contribution in [2.24, 2.45) is 5.92 Å². The number of likely N-dealkylation sites (tertiary alicyclic amines) is 1. The standard InChI is InChI=1S/C19H17ClN2O5/c20-17-9-14(22(26)27)7-6-13(17)8-18(23)21-10-15(16(11-21)19(24)25)12-4-2-1-3-5-12/h1-7,9,15-16H,8,10-11H2,(H,24,25)/t15-,16-/m1/s1. The second kappa shape index (κ2) is 7.75. The number of nitrogens with zero attached hydrogens (tertiary/aromatic N) is 2. The summed E-state index contributed by atoms with van der Waals surface area (Å²) in [7, 11) is 0. The van der Waals surface area contributed by atoms with Crippen molar-refractivity contribution in [1.82, 2.24) is 4.90 Å². The fourth-order valence-electron chi connectivity index (χ4n) is 3.36. The van der Waals surface area contributed by atoms with Crippen molar-refractivity contribution in [2.75, 3.05) is 13.1 Å². The minimum atomic E-state index is -0.937. The van der Waals surface area contributed by atoms with Crippen LogP contribution in [0.5, 0.6) is 0 Å². The quantitative estimate of drug-likeness (QED) is 0.626. The summed E-state index contributed by atoms with van der Waals surface area (Å²) in [6, 6.07) is 13.2. The van der Waals surface area contributed by atoms with E-state index in [2.05, 4.69) is 0 Å². The Morgan fingerprint density at radius 2 is 1.89 bits per heavy atom. The first-order valence-electron chi connectivity index (χ1n) is 8.35. The van der Waals surface area contributed by atoms with Gasteiger partial charge in [0.25, 0.3) is 5.69 Å². The highest BCUT2D eigenvalue weighted by Crippen LogP contribution is 2.33. The van der Waals surface area contributed by atoms with Crippen LogP contribution in [0.1, 0.15) is 17.0 Å². The number of halogens is 1. The van der Waals surface area contributed by atoms with Crippen LogP contribution in [0.15, 0.2) is 48.5 Å². The van der Waals surface area contributed by atoms with Gasteiger partial charge in [-0.2, -0.15) is 0 Å². The molecule has 0 saturated carbocycles. The van der Waals surface area contributed by atoms with E-state index in [1.54, 1.807) is 0 Å². The minimum absolute atomic E-state index is 0.0370. The third kappa shape index (κ3) is 4.09. The first-order chi connectivity index (χ1) is 12.9. The molecule has 2 aromatic rings. The Morgan fingerprint density at radius 1 is 1.19 bits per heavy atom. The predicted molar refractivity (Wildman–Crippen MR) is 98.7 cm³/mol. The SMILES string of the molecule is O=C(O)[C@@H]1CN(C(=O)Cc2ccc([N+](=O)[O-])cc2Cl)C[C@@H]1c1ccccc1. The molecule has 0 radical (unpaired) electrons. The maximum Gasteiger partial charge on any atom is 0.308 e. The summed E-state index contributed by atoms with van der Waals surface area (Å²) in [5.74, 6) is -2.15. The minimum Gasteiger partial charge on any atom is -0.481 e. The topological polar surface area (TPSA) is 101 Å². The van der Waals surface area contributed by atoms with Gasteiger partial charge in [0, 0.05) is 31.1 Å². The van der Waals surface area contributed by atoms with Gasteiger partial charge in [-0.3, -0.25) is 19.7 Å². The lowest BCUT2D eigenvalue weighted by Crippen LogP contribution is -2.31. The van der Waals surface area contributed by atoms with Crippen LogP contribution >= 0.6 is 11.6 Å². The van der Waals surface area contributed by atoms with Crippen molar-refractivity contribution in [3.63, 3.8) is 0 Å². The number of hydrogen-bond acceptors (Lipinski definition) is 4. The van der Waals surface area contributed by atoms with Gasteiger partial charge in [-0.05, 0) is 11.1 Å². The first kappa shape index (κ1) is 18.8. The Hall–Kier alpha value is -2.93. The smallest absolute Gasteiger partial charge is 0.308 e. The van der Waals surface area contributed by atoms with Gasteiger partial charge in [0.15, 0.2) is 0 Å². The van der Waals surface area contributed by atoms with E-state index in [0.717, 1.165) is 5.56 Å². The highest BCUT2D eigenvalue weighted by Gasteiger charge is 2.40. The normalized spacial score (nSPS) is 19.1. The van der Waals surface area contributed by atoms with Crippen molar-refractivity contribution >= 4 is 29.2 Å². The van der Waals surface area contributed by atoms with Gasteiger partial charge in [-0.1, -0.05) is 48.0 Å².